The number of nitrogens with one attached hydrogen (secondary N) is 1. The average molecular weight is 280 g/mol. The molecule has 0 aliphatic carbocycles. The first-order valence-corrected chi connectivity index (χ1v) is 8.69. The molecule has 1 heterocycles. The lowest BCUT2D eigenvalue weighted by Crippen LogP contribution is -2.52. The molecule has 0 saturated carbocycles. The van der Waals surface area contributed by atoms with Crippen molar-refractivity contribution in [2.75, 3.05) is 36.9 Å². The zero-order valence-corrected chi connectivity index (χ0v) is 11.9. The number of rotatable bonds is 5. The van der Waals surface area contributed by atoms with Crippen LogP contribution in [-0.2, 0) is 14.6 Å². The molecule has 0 radical (unpaired) electrons. The van der Waals surface area contributed by atoms with Gasteiger partial charge in [0.25, 0.3) is 0 Å². The Morgan fingerprint density at radius 2 is 2.18 bits per heavy atom. The largest absolute Gasteiger partial charge is 0.323 e. The van der Waals surface area contributed by atoms with Gasteiger partial charge in [0.1, 0.15) is 5.37 Å². The van der Waals surface area contributed by atoms with Crippen LogP contribution in [0.2, 0.25) is 0 Å². The molecule has 1 amide bonds. The molecule has 0 aromatic carbocycles. The number of likely N-dealkylation sites (N-methyl/N-ethyl adjacent to an activating group) is 1. The fourth-order valence-corrected chi connectivity index (χ4v) is 4.68. The molecule has 1 unspecified atom stereocenters. The maximum absolute atomic E-state index is 11.9. The lowest BCUT2D eigenvalue weighted by atomic mass is 10.4. The SMILES string of the molecule is CCNCC(=O)N1CCSCC1S(=O)(=O)CC. The third kappa shape index (κ3) is 3.86. The van der Waals surface area contributed by atoms with E-state index in [0.29, 0.717) is 18.8 Å². The van der Waals surface area contributed by atoms with Gasteiger partial charge in [-0.15, -0.1) is 0 Å². The van der Waals surface area contributed by atoms with Gasteiger partial charge in [0.05, 0.1) is 6.54 Å². The van der Waals surface area contributed by atoms with E-state index in [9.17, 15) is 13.2 Å². The van der Waals surface area contributed by atoms with Crippen LogP contribution in [0, 0.1) is 0 Å². The van der Waals surface area contributed by atoms with Crippen molar-refractivity contribution in [2.45, 2.75) is 19.2 Å². The number of sulfone groups is 1. The van der Waals surface area contributed by atoms with Gasteiger partial charge in [0, 0.05) is 23.8 Å². The summed E-state index contributed by atoms with van der Waals surface area (Å²) in [6.45, 7) is 5.00. The highest BCUT2D eigenvalue weighted by Gasteiger charge is 2.35. The minimum absolute atomic E-state index is 0.0865. The molecule has 5 nitrogen and oxygen atoms in total. The van der Waals surface area contributed by atoms with Crippen LogP contribution in [0.3, 0.4) is 0 Å². The molecule has 1 saturated heterocycles. The van der Waals surface area contributed by atoms with Gasteiger partial charge in [-0.05, 0) is 6.54 Å². The lowest BCUT2D eigenvalue weighted by molar-refractivity contribution is -0.130. The first-order valence-electron chi connectivity index (χ1n) is 5.82. The summed E-state index contributed by atoms with van der Waals surface area (Å²) >= 11 is 1.60. The number of carbonyl (C=O) groups excluding carboxylic acids is 1. The monoisotopic (exact) mass is 280 g/mol. The quantitative estimate of drug-likeness (QED) is 0.764. The van der Waals surface area contributed by atoms with Crippen molar-refractivity contribution in [1.82, 2.24) is 10.2 Å². The van der Waals surface area contributed by atoms with Crippen LogP contribution in [0.1, 0.15) is 13.8 Å². The smallest absolute Gasteiger partial charge is 0.237 e. The summed E-state index contributed by atoms with van der Waals surface area (Å²) in [5.74, 6) is 1.28. The van der Waals surface area contributed by atoms with E-state index in [1.54, 1.807) is 18.7 Å². The molecular formula is C10H20N2O3S2. The third-order valence-electron chi connectivity index (χ3n) is 2.75. The highest BCUT2D eigenvalue weighted by molar-refractivity contribution is 8.01. The molecule has 7 heteroatoms. The highest BCUT2D eigenvalue weighted by atomic mass is 32.2. The van der Waals surface area contributed by atoms with Gasteiger partial charge in [-0.2, -0.15) is 11.8 Å². The summed E-state index contributed by atoms with van der Waals surface area (Å²) < 4.78 is 23.8. The highest BCUT2D eigenvalue weighted by Crippen LogP contribution is 2.21. The molecule has 1 N–H and O–H groups in total. The minimum Gasteiger partial charge on any atom is -0.323 e. The number of thioether (sulfide) groups is 1. The molecule has 1 aliphatic heterocycles. The second-order valence-corrected chi connectivity index (χ2v) is 7.45. The zero-order valence-electron chi connectivity index (χ0n) is 10.3. The third-order valence-corrected chi connectivity index (χ3v) is 6.04. The van der Waals surface area contributed by atoms with E-state index >= 15 is 0 Å². The van der Waals surface area contributed by atoms with E-state index < -0.39 is 15.2 Å². The Kier molecular flexibility index (Phi) is 5.75. The van der Waals surface area contributed by atoms with Crippen LogP contribution in [0.5, 0.6) is 0 Å². The normalized spacial score (nSPS) is 21.5. The van der Waals surface area contributed by atoms with Crippen molar-refractivity contribution in [2.24, 2.45) is 0 Å². The van der Waals surface area contributed by atoms with Crippen molar-refractivity contribution < 1.29 is 13.2 Å². The molecule has 0 aromatic rings. The second-order valence-electron chi connectivity index (χ2n) is 3.85. The minimum atomic E-state index is -3.18. The van der Waals surface area contributed by atoms with E-state index in [-0.39, 0.29) is 18.2 Å². The van der Waals surface area contributed by atoms with Crippen molar-refractivity contribution in [3.05, 3.63) is 0 Å². The molecule has 17 heavy (non-hydrogen) atoms. The second kappa shape index (κ2) is 6.61. The predicted octanol–water partition coefficient (Wildman–Crippen LogP) is -0.0679. The Hall–Kier alpha value is -0.270. The van der Waals surface area contributed by atoms with Crippen LogP contribution < -0.4 is 5.32 Å². The number of hydrogen-bond acceptors (Lipinski definition) is 5. The summed E-state index contributed by atoms with van der Waals surface area (Å²) in [4.78, 5) is 13.4. The van der Waals surface area contributed by atoms with Gasteiger partial charge in [-0.3, -0.25) is 4.79 Å². The Labute approximate surface area is 107 Å². The number of amides is 1. The molecule has 0 spiro atoms. The van der Waals surface area contributed by atoms with E-state index in [0.717, 1.165) is 5.75 Å². The summed E-state index contributed by atoms with van der Waals surface area (Å²) in [5.41, 5.74) is 0. The van der Waals surface area contributed by atoms with Gasteiger partial charge < -0.3 is 10.2 Å². The zero-order chi connectivity index (χ0) is 12.9. The standard InChI is InChI=1S/C10H20N2O3S2/c1-3-11-7-9(13)12-5-6-16-8-10(12)17(14,15)4-2/h10-11H,3-8H2,1-2H3. The summed E-state index contributed by atoms with van der Waals surface area (Å²) in [6.07, 6.45) is 0. The van der Waals surface area contributed by atoms with E-state index in [1.807, 2.05) is 6.92 Å². The fraction of sp³-hybridized carbons (Fsp3) is 0.900. The van der Waals surface area contributed by atoms with E-state index in [2.05, 4.69) is 5.32 Å². The predicted molar refractivity (Wildman–Crippen MR) is 70.8 cm³/mol. The van der Waals surface area contributed by atoms with Crippen LogP contribution in [0.4, 0.5) is 0 Å². The Morgan fingerprint density at radius 3 is 2.76 bits per heavy atom. The Balaban J connectivity index is 2.76. The van der Waals surface area contributed by atoms with E-state index in [4.69, 9.17) is 0 Å². The molecule has 1 rings (SSSR count). The summed E-state index contributed by atoms with van der Waals surface area (Å²) in [5, 5.41) is 2.30. The van der Waals surface area contributed by atoms with Crippen LogP contribution >= 0.6 is 11.8 Å². The molecule has 0 bridgehead atoms. The Bertz CT molecular complexity index is 357. The van der Waals surface area contributed by atoms with Crippen molar-refractivity contribution >= 4 is 27.5 Å². The first-order chi connectivity index (χ1) is 8.03. The molecule has 100 valence electrons. The maximum Gasteiger partial charge on any atom is 0.237 e. The Morgan fingerprint density at radius 1 is 1.47 bits per heavy atom. The fourth-order valence-electron chi connectivity index (χ4n) is 1.69. The number of nitrogens with zero attached hydrogens (tertiary/aromatic N) is 1. The molecule has 1 fully saturated rings. The average Bonchev–Trinajstić information content (AvgIpc) is 2.36. The van der Waals surface area contributed by atoms with Crippen LogP contribution in [0.15, 0.2) is 0 Å². The van der Waals surface area contributed by atoms with Crippen molar-refractivity contribution in [1.29, 1.82) is 0 Å². The maximum atomic E-state index is 11.9. The molecular weight excluding hydrogens is 260 g/mol. The lowest BCUT2D eigenvalue weighted by Gasteiger charge is -2.34. The first kappa shape index (κ1) is 14.8. The van der Waals surface area contributed by atoms with Crippen LogP contribution in [-0.4, -0.2) is 61.5 Å². The van der Waals surface area contributed by atoms with Gasteiger partial charge in [0.15, 0.2) is 9.84 Å². The summed E-state index contributed by atoms with van der Waals surface area (Å²) in [7, 11) is -3.18. The number of hydrogen-bond donors (Lipinski definition) is 1. The van der Waals surface area contributed by atoms with Gasteiger partial charge in [-0.25, -0.2) is 8.42 Å². The molecule has 1 atom stereocenters. The van der Waals surface area contributed by atoms with Crippen molar-refractivity contribution in [3.8, 4) is 0 Å². The summed E-state index contributed by atoms with van der Waals surface area (Å²) in [6, 6.07) is 0. The van der Waals surface area contributed by atoms with Gasteiger partial charge in [-0.1, -0.05) is 13.8 Å². The molecule has 1 aliphatic rings. The van der Waals surface area contributed by atoms with Crippen molar-refractivity contribution in [3.63, 3.8) is 0 Å². The number of carbonyl (C=O) groups is 1. The van der Waals surface area contributed by atoms with E-state index in [1.165, 1.54) is 4.90 Å². The topological polar surface area (TPSA) is 66.5 Å². The van der Waals surface area contributed by atoms with Crippen LogP contribution in [0.25, 0.3) is 0 Å². The van der Waals surface area contributed by atoms with Gasteiger partial charge >= 0.3 is 0 Å². The molecule has 0 aromatic heterocycles. The van der Waals surface area contributed by atoms with Gasteiger partial charge in [0.2, 0.25) is 5.91 Å².